The molecule has 32 heavy (non-hydrogen) atoms. The summed E-state index contributed by atoms with van der Waals surface area (Å²) in [6.45, 7) is 0.926. The molecular formula is C19H21ClN2O8S2. The monoisotopic (exact) mass is 504 g/mol. The molecule has 0 bridgehead atoms. The third kappa shape index (κ3) is 4.99. The minimum Gasteiger partial charge on any atom is -0.495 e. The first kappa shape index (κ1) is 24.3. The molecule has 13 heteroatoms. The van der Waals surface area contributed by atoms with Crippen LogP contribution in [0.2, 0.25) is 5.02 Å². The average Bonchev–Trinajstić information content (AvgIpc) is 2.79. The molecule has 1 heterocycles. The van der Waals surface area contributed by atoms with Gasteiger partial charge >= 0.3 is 5.97 Å². The Labute approximate surface area is 191 Å². The number of anilines is 1. The van der Waals surface area contributed by atoms with Crippen LogP contribution in [0.15, 0.2) is 46.2 Å². The zero-order valence-corrected chi connectivity index (χ0v) is 19.6. The van der Waals surface area contributed by atoms with Gasteiger partial charge in [0.15, 0.2) is 0 Å². The van der Waals surface area contributed by atoms with E-state index < -0.39 is 26.0 Å². The second-order valence-corrected chi connectivity index (χ2v) is 10.6. The summed E-state index contributed by atoms with van der Waals surface area (Å²) in [6.07, 6.45) is 0. The number of nitrogens with zero attached hydrogens (tertiary/aromatic N) is 1. The first-order valence-electron chi connectivity index (χ1n) is 9.27. The van der Waals surface area contributed by atoms with Crippen LogP contribution in [-0.2, 0) is 29.5 Å². The number of hydrogen-bond donors (Lipinski definition) is 1. The number of carbonyl (C=O) groups is 1. The number of carbonyl (C=O) groups excluding carboxylic acids is 1. The van der Waals surface area contributed by atoms with Crippen LogP contribution in [-0.4, -0.2) is 67.6 Å². The van der Waals surface area contributed by atoms with Crippen LogP contribution in [0.25, 0.3) is 0 Å². The summed E-state index contributed by atoms with van der Waals surface area (Å²) in [5.74, 6) is -0.695. The second kappa shape index (κ2) is 9.63. The molecule has 2 aromatic rings. The highest BCUT2D eigenvalue weighted by molar-refractivity contribution is 7.92. The number of methoxy groups -OCH3 is 2. The fraction of sp³-hybridized carbons (Fsp3) is 0.316. The maximum absolute atomic E-state index is 13.0. The Morgan fingerprint density at radius 2 is 1.69 bits per heavy atom. The predicted octanol–water partition coefficient (Wildman–Crippen LogP) is 1.96. The van der Waals surface area contributed by atoms with Crippen molar-refractivity contribution in [3.63, 3.8) is 0 Å². The topological polar surface area (TPSA) is 128 Å². The standard InChI is InChI=1S/C19H21ClN2O8S2/c1-28-18-6-4-14(32(26,27)22-7-9-30-10-8-22)12-17(18)21-31(24,25)13-3-5-16(20)15(11-13)19(23)29-2/h3-6,11-12,21H,7-10H2,1-2H3. The Bertz CT molecular complexity index is 1230. The van der Waals surface area contributed by atoms with E-state index in [-0.39, 0.29) is 58.1 Å². The van der Waals surface area contributed by atoms with Crippen LogP contribution in [0.1, 0.15) is 10.4 Å². The minimum absolute atomic E-state index is 0.0204. The van der Waals surface area contributed by atoms with Crippen molar-refractivity contribution in [2.45, 2.75) is 9.79 Å². The molecule has 0 spiro atoms. The third-order valence-electron chi connectivity index (χ3n) is 4.68. The van der Waals surface area contributed by atoms with Gasteiger partial charge in [0.25, 0.3) is 10.0 Å². The molecule has 0 aliphatic carbocycles. The molecule has 0 atom stereocenters. The van der Waals surface area contributed by atoms with E-state index in [1.54, 1.807) is 0 Å². The van der Waals surface area contributed by atoms with Crippen LogP contribution in [0.3, 0.4) is 0 Å². The number of hydrogen-bond acceptors (Lipinski definition) is 8. The van der Waals surface area contributed by atoms with Gasteiger partial charge < -0.3 is 14.2 Å². The number of nitrogens with one attached hydrogen (secondary N) is 1. The number of rotatable bonds is 7. The number of halogens is 1. The average molecular weight is 505 g/mol. The van der Waals surface area contributed by atoms with Crippen molar-refractivity contribution in [2.75, 3.05) is 45.2 Å². The van der Waals surface area contributed by atoms with E-state index in [0.717, 1.165) is 13.2 Å². The van der Waals surface area contributed by atoms with Crippen LogP contribution in [0.5, 0.6) is 5.75 Å². The summed E-state index contributed by atoms with van der Waals surface area (Å²) in [4.78, 5) is 11.5. The van der Waals surface area contributed by atoms with E-state index in [4.69, 9.17) is 21.1 Å². The van der Waals surface area contributed by atoms with Crippen LogP contribution >= 0.6 is 11.6 Å². The van der Waals surface area contributed by atoms with Crippen molar-refractivity contribution in [1.29, 1.82) is 0 Å². The Morgan fingerprint density at radius 1 is 1.03 bits per heavy atom. The molecule has 10 nitrogen and oxygen atoms in total. The van der Waals surface area contributed by atoms with Crippen molar-refractivity contribution in [3.05, 3.63) is 47.0 Å². The van der Waals surface area contributed by atoms with E-state index >= 15 is 0 Å². The number of morpholine rings is 1. The zero-order chi connectivity index (χ0) is 23.5. The van der Waals surface area contributed by atoms with E-state index in [1.807, 2.05) is 0 Å². The summed E-state index contributed by atoms with van der Waals surface area (Å²) >= 11 is 5.96. The first-order chi connectivity index (χ1) is 15.1. The Balaban J connectivity index is 1.99. The molecule has 0 radical (unpaired) electrons. The number of ether oxygens (including phenoxy) is 3. The van der Waals surface area contributed by atoms with Crippen LogP contribution in [0.4, 0.5) is 5.69 Å². The second-order valence-electron chi connectivity index (χ2n) is 6.62. The minimum atomic E-state index is -4.24. The molecular weight excluding hydrogens is 484 g/mol. The van der Waals surface area contributed by atoms with Crippen molar-refractivity contribution in [3.8, 4) is 5.75 Å². The number of benzene rings is 2. The SMILES string of the molecule is COC(=O)c1cc(S(=O)(=O)Nc2cc(S(=O)(=O)N3CCOCC3)ccc2OC)ccc1Cl. The van der Waals surface area contributed by atoms with Crippen molar-refractivity contribution in [1.82, 2.24) is 4.31 Å². The Kier molecular flexibility index (Phi) is 7.30. The number of sulfonamides is 2. The molecule has 174 valence electrons. The van der Waals surface area contributed by atoms with E-state index in [0.29, 0.717) is 0 Å². The van der Waals surface area contributed by atoms with Gasteiger partial charge in [0.2, 0.25) is 10.0 Å². The molecule has 1 saturated heterocycles. The fourth-order valence-electron chi connectivity index (χ4n) is 3.00. The normalized spacial score (nSPS) is 15.2. The maximum Gasteiger partial charge on any atom is 0.339 e. The summed E-state index contributed by atoms with van der Waals surface area (Å²) in [7, 11) is -5.65. The maximum atomic E-state index is 13.0. The highest BCUT2D eigenvalue weighted by atomic mass is 35.5. The van der Waals surface area contributed by atoms with E-state index in [2.05, 4.69) is 9.46 Å². The summed E-state index contributed by atoms with van der Waals surface area (Å²) in [5.41, 5.74) is -0.218. The van der Waals surface area contributed by atoms with Crippen LogP contribution in [0, 0.1) is 0 Å². The zero-order valence-electron chi connectivity index (χ0n) is 17.2. The quantitative estimate of drug-likeness (QED) is 0.566. The van der Waals surface area contributed by atoms with Gasteiger partial charge in [-0.1, -0.05) is 11.6 Å². The summed E-state index contributed by atoms with van der Waals surface area (Å²) < 4.78 is 70.4. The molecule has 1 aliphatic rings. The van der Waals surface area contributed by atoms with Gasteiger partial charge in [-0.3, -0.25) is 4.72 Å². The lowest BCUT2D eigenvalue weighted by Crippen LogP contribution is -2.40. The highest BCUT2D eigenvalue weighted by Crippen LogP contribution is 2.31. The predicted molar refractivity (Wildman–Crippen MR) is 116 cm³/mol. The van der Waals surface area contributed by atoms with Crippen molar-refractivity contribution in [2.24, 2.45) is 0 Å². The van der Waals surface area contributed by atoms with Crippen molar-refractivity contribution >= 4 is 43.3 Å². The lowest BCUT2D eigenvalue weighted by atomic mass is 10.2. The van der Waals surface area contributed by atoms with Gasteiger partial charge in [-0.05, 0) is 36.4 Å². The van der Waals surface area contributed by atoms with Gasteiger partial charge in [0, 0.05) is 13.1 Å². The molecule has 0 unspecified atom stereocenters. The fourth-order valence-corrected chi connectivity index (χ4v) is 5.72. The van der Waals surface area contributed by atoms with E-state index in [9.17, 15) is 21.6 Å². The molecule has 2 aromatic carbocycles. The lowest BCUT2D eigenvalue weighted by Gasteiger charge is -2.26. The highest BCUT2D eigenvalue weighted by Gasteiger charge is 2.28. The molecule has 1 fully saturated rings. The van der Waals surface area contributed by atoms with E-state index in [1.165, 1.54) is 41.7 Å². The third-order valence-corrected chi connectivity index (χ3v) is 8.26. The van der Waals surface area contributed by atoms with Gasteiger partial charge in [-0.15, -0.1) is 0 Å². The van der Waals surface area contributed by atoms with Gasteiger partial charge in [0.05, 0.1) is 53.5 Å². The Morgan fingerprint density at radius 3 is 2.31 bits per heavy atom. The number of esters is 1. The first-order valence-corrected chi connectivity index (χ1v) is 12.6. The largest absolute Gasteiger partial charge is 0.495 e. The molecule has 0 saturated carbocycles. The lowest BCUT2D eigenvalue weighted by molar-refractivity contribution is 0.0600. The summed E-state index contributed by atoms with van der Waals surface area (Å²) in [5, 5.41) is 0.0204. The van der Waals surface area contributed by atoms with Crippen LogP contribution < -0.4 is 9.46 Å². The molecule has 1 aliphatic heterocycles. The molecule has 0 amide bonds. The molecule has 1 N–H and O–H groups in total. The van der Waals surface area contributed by atoms with Gasteiger partial charge in [-0.2, -0.15) is 4.31 Å². The van der Waals surface area contributed by atoms with Gasteiger partial charge in [0.1, 0.15) is 5.75 Å². The van der Waals surface area contributed by atoms with Gasteiger partial charge in [-0.25, -0.2) is 21.6 Å². The molecule has 3 rings (SSSR count). The van der Waals surface area contributed by atoms with Crippen molar-refractivity contribution < 1.29 is 35.8 Å². The Hall–Kier alpha value is -2.38. The summed E-state index contributed by atoms with van der Waals surface area (Å²) in [6, 6.07) is 7.39. The smallest absolute Gasteiger partial charge is 0.339 e. The molecule has 0 aromatic heterocycles.